The van der Waals surface area contributed by atoms with Crippen molar-refractivity contribution in [3.05, 3.63) is 285 Å². The van der Waals surface area contributed by atoms with E-state index in [4.69, 9.17) is 6.58 Å². The van der Waals surface area contributed by atoms with Gasteiger partial charge in [0.1, 0.15) is 0 Å². The van der Waals surface area contributed by atoms with E-state index >= 15 is 0 Å². The Hall–Kier alpha value is -9.19. The molecular formula is C88H76B2N2S2. The van der Waals surface area contributed by atoms with Gasteiger partial charge in [0.25, 0.3) is 0 Å². The van der Waals surface area contributed by atoms with Gasteiger partial charge in [0.15, 0.2) is 0 Å². The monoisotopic (exact) mass is 1250 g/mol. The number of anilines is 5. The third-order valence-electron chi connectivity index (χ3n) is 20.6. The van der Waals surface area contributed by atoms with Crippen LogP contribution in [-0.4, -0.2) is 19.5 Å². The quantitative estimate of drug-likeness (QED) is 0.0940. The first-order valence-electron chi connectivity index (χ1n) is 33.5. The first-order valence-corrected chi connectivity index (χ1v) is 35.2. The van der Waals surface area contributed by atoms with Crippen molar-refractivity contribution in [1.82, 2.24) is 0 Å². The van der Waals surface area contributed by atoms with Crippen LogP contribution in [0.5, 0.6) is 0 Å². The lowest BCUT2D eigenvalue weighted by molar-refractivity contribution is 0.381. The molecule has 0 bridgehead atoms. The van der Waals surface area contributed by atoms with Crippen LogP contribution in [0, 0.1) is 11.8 Å². The van der Waals surface area contributed by atoms with Gasteiger partial charge in [-0.1, -0.05) is 309 Å². The van der Waals surface area contributed by atoms with E-state index in [1.54, 1.807) is 0 Å². The summed E-state index contributed by atoms with van der Waals surface area (Å²) in [6.07, 6.45) is 2.27. The molecule has 4 aliphatic rings. The maximum absolute atomic E-state index is 4.84. The van der Waals surface area contributed by atoms with Crippen molar-refractivity contribution in [1.29, 1.82) is 0 Å². The van der Waals surface area contributed by atoms with Crippen LogP contribution in [0.2, 0.25) is 0 Å². The minimum atomic E-state index is -0.178. The summed E-state index contributed by atoms with van der Waals surface area (Å²) in [5.74, 6) is 0.573. The lowest BCUT2D eigenvalue weighted by atomic mass is 9.31. The maximum atomic E-state index is 4.84. The fourth-order valence-corrected chi connectivity index (χ4v) is 17.8. The Labute approximate surface area is 566 Å². The molecular weight excluding hydrogens is 1170 g/mol. The highest BCUT2D eigenvalue weighted by Gasteiger charge is 2.49. The molecule has 0 saturated heterocycles. The van der Waals surface area contributed by atoms with E-state index in [9.17, 15) is 0 Å². The van der Waals surface area contributed by atoms with Gasteiger partial charge in [-0.05, 0) is 166 Å². The highest BCUT2D eigenvalue weighted by molar-refractivity contribution is 8.00. The van der Waals surface area contributed by atoms with E-state index in [-0.39, 0.29) is 36.2 Å². The average Bonchev–Trinajstić information content (AvgIpc) is 0.688. The van der Waals surface area contributed by atoms with Gasteiger partial charge < -0.3 is 9.80 Å². The summed E-state index contributed by atoms with van der Waals surface area (Å²) >= 11 is 3.90. The molecule has 2 nitrogen and oxygen atoms in total. The molecule has 16 rings (SSSR count). The SMILES string of the molecule is C=CC([C@@H](C)C(C)C)N1c2cc3c(cc2B2c4ccc(-c5ccccc5)cc4Sc4cc(-c5ccccc5-c5ccccc5)cc1c42)B1c2ccc(-c4ccccc4)cc2Sc2cc(C(C)(C)C)cc(c21)N3c1c(-c2ccccc2)cc(C(C)(C)C)cc1-c1ccccc1. The van der Waals surface area contributed by atoms with E-state index < -0.39 is 0 Å². The second-order valence-corrected chi connectivity index (χ2v) is 30.9. The molecule has 0 fully saturated rings. The molecule has 4 aliphatic heterocycles. The Morgan fingerprint density at radius 3 is 1.24 bits per heavy atom. The molecule has 12 aromatic carbocycles. The smallest absolute Gasteiger partial charge is 0.249 e. The Morgan fingerprint density at radius 1 is 0.351 bits per heavy atom. The Kier molecular flexibility index (Phi) is 14.9. The zero-order valence-electron chi connectivity index (χ0n) is 55.2. The van der Waals surface area contributed by atoms with Gasteiger partial charge in [0.2, 0.25) is 13.4 Å². The number of benzene rings is 12. The standard InChI is InChI=1S/C88H76B2N2S2/c1-11-75(56(4)55(2)3)91-76-54-77-74(53-73(76)89-71-43-41-62(57-29-17-12-18-30-57)46-80(71)93-82-48-64(45-78(91)84(82)89)68-40-28-27-39-67(68)59-33-21-14-22-34-59)90-72-44-42-63(58-31-19-13-20-32-58)47-81(72)94-83-52-66(88(8,9)10)51-79(85(83)90)92(77)86-69(60-35-23-15-24-36-60)49-65(87(5,6)7)50-70(86)61-37-25-16-26-38-61/h11-56,75H,1H2,2-10H3/t56-,75?/m0/s1. The number of rotatable bonds is 11. The zero-order valence-corrected chi connectivity index (χ0v) is 56.8. The Balaban J connectivity index is 1.07. The Bertz CT molecular complexity index is 4890. The van der Waals surface area contributed by atoms with Gasteiger partial charge >= 0.3 is 0 Å². The van der Waals surface area contributed by atoms with E-state index in [0.717, 1.165) is 0 Å². The molecule has 0 spiro atoms. The minimum Gasteiger partial charge on any atom is -0.335 e. The summed E-state index contributed by atoms with van der Waals surface area (Å²) in [5.41, 5.74) is 30.9. The summed E-state index contributed by atoms with van der Waals surface area (Å²) in [5, 5.41) is 0. The van der Waals surface area contributed by atoms with E-state index in [1.807, 2.05) is 23.5 Å². The fraction of sp³-hybridized carbons (Fsp3) is 0.159. The number of hydrogen-bond acceptors (Lipinski definition) is 4. The van der Waals surface area contributed by atoms with Crippen LogP contribution in [0.4, 0.5) is 28.4 Å². The lowest BCUT2D eigenvalue weighted by Gasteiger charge is -2.48. The summed E-state index contributed by atoms with van der Waals surface area (Å²) in [4.78, 5) is 10.7. The van der Waals surface area contributed by atoms with Crippen LogP contribution in [0.1, 0.15) is 73.4 Å². The third-order valence-corrected chi connectivity index (χ3v) is 22.9. The highest BCUT2D eigenvalue weighted by atomic mass is 32.2. The highest BCUT2D eigenvalue weighted by Crippen LogP contribution is 2.54. The molecule has 0 amide bonds. The molecule has 4 heterocycles. The molecule has 0 aliphatic carbocycles. The molecule has 6 heteroatoms. The van der Waals surface area contributed by atoms with Crippen molar-refractivity contribution in [2.24, 2.45) is 11.8 Å². The predicted molar refractivity (Wildman–Crippen MR) is 408 cm³/mol. The summed E-state index contributed by atoms with van der Waals surface area (Å²) in [7, 11) is 0. The Morgan fingerprint density at radius 2 is 0.766 bits per heavy atom. The maximum Gasteiger partial charge on any atom is 0.249 e. The largest absolute Gasteiger partial charge is 0.335 e. The molecule has 2 atom stereocenters. The van der Waals surface area contributed by atoms with Crippen molar-refractivity contribution in [2.75, 3.05) is 9.80 Å². The first-order chi connectivity index (χ1) is 45.6. The van der Waals surface area contributed by atoms with Crippen molar-refractivity contribution in [3.8, 4) is 66.8 Å². The van der Waals surface area contributed by atoms with E-state index in [2.05, 4.69) is 339 Å². The predicted octanol–water partition coefficient (Wildman–Crippen LogP) is 20.3. The zero-order chi connectivity index (χ0) is 64.3. The van der Waals surface area contributed by atoms with Gasteiger partial charge in [-0.15, -0.1) is 6.58 Å². The van der Waals surface area contributed by atoms with Gasteiger partial charge in [0, 0.05) is 53.5 Å². The van der Waals surface area contributed by atoms with Crippen molar-refractivity contribution < 1.29 is 0 Å². The van der Waals surface area contributed by atoms with E-state index in [1.165, 1.54) is 159 Å². The summed E-state index contributed by atoms with van der Waals surface area (Å²) in [6, 6.07) is 99.6. The van der Waals surface area contributed by atoms with Crippen LogP contribution in [0.3, 0.4) is 0 Å². The second-order valence-electron chi connectivity index (χ2n) is 28.7. The van der Waals surface area contributed by atoms with Crippen LogP contribution in [0.15, 0.2) is 293 Å². The molecule has 0 N–H and O–H groups in total. The lowest BCUT2D eigenvalue weighted by Crippen LogP contribution is -2.65. The van der Waals surface area contributed by atoms with Gasteiger partial charge in [-0.25, -0.2) is 0 Å². The fourth-order valence-electron chi connectivity index (χ4n) is 15.3. The second kappa shape index (κ2) is 23.4. The minimum absolute atomic E-state index is 0.0780. The third kappa shape index (κ3) is 10.1. The van der Waals surface area contributed by atoms with E-state index in [0.29, 0.717) is 5.92 Å². The van der Waals surface area contributed by atoms with Crippen LogP contribution < -0.4 is 42.6 Å². The molecule has 94 heavy (non-hydrogen) atoms. The summed E-state index contributed by atoms with van der Waals surface area (Å²) < 4.78 is 0. The van der Waals surface area contributed by atoms with Crippen molar-refractivity contribution in [3.63, 3.8) is 0 Å². The van der Waals surface area contributed by atoms with Gasteiger partial charge in [-0.2, -0.15) is 0 Å². The molecule has 1 unspecified atom stereocenters. The average molecular weight is 1250 g/mol. The molecule has 456 valence electrons. The molecule has 12 aromatic rings. The topological polar surface area (TPSA) is 6.48 Å². The van der Waals surface area contributed by atoms with Crippen LogP contribution in [0.25, 0.3) is 66.8 Å². The number of hydrogen-bond donors (Lipinski definition) is 0. The van der Waals surface area contributed by atoms with Crippen molar-refractivity contribution >= 4 is 98.2 Å². The molecule has 0 aromatic heterocycles. The van der Waals surface area contributed by atoms with Crippen LogP contribution >= 0.6 is 23.5 Å². The van der Waals surface area contributed by atoms with Crippen LogP contribution in [-0.2, 0) is 10.8 Å². The van der Waals surface area contributed by atoms with Gasteiger partial charge in [0.05, 0.1) is 11.7 Å². The molecule has 0 radical (unpaired) electrons. The molecule has 0 saturated carbocycles. The normalized spacial score (nSPS) is 14.1. The number of nitrogens with zero attached hydrogens (tertiary/aromatic N) is 2. The van der Waals surface area contributed by atoms with Gasteiger partial charge in [-0.3, -0.25) is 0 Å². The van der Waals surface area contributed by atoms with Crippen molar-refractivity contribution in [2.45, 2.75) is 98.8 Å². The summed E-state index contributed by atoms with van der Waals surface area (Å²) in [6.45, 7) is 26.1. The first kappa shape index (κ1) is 59.8. The number of fused-ring (bicyclic) bond motifs is 8.